The van der Waals surface area contributed by atoms with Crippen LogP contribution in [0.4, 0.5) is 0 Å². The molecule has 0 saturated heterocycles. The number of carbonyl (C=O) groups excluding carboxylic acids is 1. The van der Waals surface area contributed by atoms with Crippen molar-refractivity contribution < 1.29 is 9.53 Å². The Labute approximate surface area is 137 Å². The van der Waals surface area contributed by atoms with Crippen LogP contribution in [0, 0.1) is 11.3 Å². The van der Waals surface area contributed by atoms with Crippen molar-refractivity contribution in [2.24, 2.45) is 10.7 Å². The Morgan fingerprint density at radius 1 is 1.43 bits per heavy atom. The summed E-state index contributed by atoms with van der Waals surface area (Å²) in [5, 5.41) is 9.83. The molecule has 116 valence electrons. The number of nitrogens with zero attached hydrogens (tertiary/aromatic N) is 3. The van der Waals surface area contributed by atoms with Gasteiger partial charge >= 0.3 is 5.97 Å². The zero-order valence-electron chi connectivity index (χ0n) is 12.6. The fourth-order valence-electron chi connectivity index (χ4n) is 2.66. The molecule has 0 bridgehead atoms. The SMILES string of the molecule is COC(=O)C1=C(C)N=C2SC(C#N)=C(N)N2[C@@H]1c1ccccc1. The van der Waals surface area contributed by atoms with Crippen LogP contribution in [0.15, 0.2) is 57.3 Å². The molecule has 0 aliphatic carbocycles. The van der Waals surface area contributed by atoms with Crippen LogP contribution in [0.25, 0.3) is 0 Å². The van der Waals surface area contributed by atoms with Crippen LogP contribution >= 0.6 is 11.8 Å². The van der Waals surface area contributed by atoms with Crippen molar-refractivity contribution in [1.29, 1.82) is 5.26 Å². The topological polar surface area (TPSA) is 91.7 Å². The minimum Gasteiger partial charge on any atom is -0.466 e. The number of thioether (sulfide) groups is 1. The van der Waals surface area contributed by atoms with Gasteiger partial charge in [-0.15, -0.1) is 0 Å². The van der Waals surface area contributed by atoms with E-state index in [4.69, 9.17) is 10.5 Å². The van der Waals surface area contributed by atoms with Gasteiger partial charge in [-0.3, -0.25) is 4.90 Å². The lowest BCUT2D eigenvalue weighted by Gasteiger charge is -2.34. The number of hydrogen-bond donors (Lipinski definition) is 1. The zero-order chi connectivity index (χ0) is 16.6. The molecule has 0 radical (unpaired) electrons. The summed E-state index contributed by atoms with van der Waals surface area (Å²) in [6.07, 6.45) is 0. The lowest BCUT2D eigenvalue weighted by Crippen LogP contribution is -2.38. The summed E-state index contributed by atoms with van der Waals surface area (Å²) in [6.45, 7) is 1.76. The molecule has 0 unspecified atom stereocenters. The second-order valence-corrected chi connectivity index (χ2v) is 5.97. The standard InChI is InChI=1S/C16H14N4O2S/c1-9-12(15(21)22-2)13(10-6-4-3-5-7-10)20-14(18)11(8-17)23-16(20)19-9/h3-7,13H,18H2,1-2H3/t13-/m1/s1. The van der Waals surface area contributed by atoms with Crippen molar-refractivity contribution in [3.8, 4) is 6.07 Å². The van der Waals surface area contributed by atoms with Crippen molar-refractivity contribution in [3.05, 3.63) is 57.9 Å². The number of amidine groups is 1. The number of rotatable bonds is 2. The van der Waals surface area contributed by atoms with Gasteiger partial charge in [-0.2, -0.15) is 5.26 Å². The first-order valence-corrected chi connectivity index (χ1v) is 7.69. The molecule has 0 fully saturated rings. The van der Waals surface area contributed by atoms with Crippen LogP contribution in [0.5, 0.6) is 0 Å². The smallest absolute Gasteiger partial charge is 0.338 e. The maximum absolute atomic E-state index is 12.3. The average molecular weight is 326 g/mol. The summed E-state index contributed by atoms with van der Waals surface area (Å²) < 4.78 is 4.93. The first-order valence-electron chi connectivity index (χ1n) is 6.88. The number of nitriles is 1. The molecule has 1 aromatic rings. The van der Waals surface area contributed by atoms with Crippen molar-refractivity contribution in [2.45, 2.75) is 13.0 Å². The number of esters is 1. The summed E-state index contributed by atoms with van der Waals surface area (Å²) in [4.78, 5) is 18.8. The summed E-state index contributed by atoms with van der Waals surface area (Å²) in [5.74, 6) is -0.152. The van der Waals surface area contributed by atoms with Gasteiger partial charge in [0, 0.05) is 0 Å². The van der Waals surface area contributed by atoms with E-state index in [-0.39, 0.29) is 0 Å². The van der Waals surface area contributed by atoms with Crippen LogP contribution in [-0.2, 0) is 9.53 Å². The Bertz CT molecular complexity index is 805. The third kappa shape index (κ3) is 2.37. The lowest BCUT2D eigenvalue weighted by molar-refractivity contribution is -0.136. The van der Waals surface area contributed by atoms with Gasteiger partial charge in [0.25, 0.3) is 0 Å². The fourth-order valence-corrected chi connectivity index (χ4v) is 3.58. The summed E-state index contributed by atoms with van der Waals surface area (Å²) in [7, 11) is 1.34. The third-order valence-corrected chi connectivity index (χ3v) is 4.67. The number of hydrogen-bond acceptors (Lipinski definition) is 7. The molecule has 2 heterocycles. The Kier molecular flexibility index (Phi) is 3.84. The van der Waals surface area contributed by atoms with E-state index in [0.717, 1.165) is 5.56 Å². The second kappa shape index (κ2) is 5.82. The molecule has 1 aromatic carbocycles. The van der Waals surface area contributed by atoms with E-state index in [1.54, 1.807) is 11.8 Å². The van der Waals surface area contributed by atoms with E-state index in [2.05, 4.69) is 11.1 Å². The molecule has 0 aromatic heterocycles. The van der Waals surface area contributed by atoms with Crippen LogP contribution in [0.2, 0.25) is 0 Å². The van der Waals surface area contributed by atoms with Gasteiger partial charge < -0.3 is 10.5 Å². The predicted octanol–water partition coefficient (Wildman–Crippen LogP) is 2.24. The number of nitrogens with two attached hydrogens (primary N) is 1. The largest absolute Gasteiger partial charge is 0.466 e. The normalized spacial score (nSPS) is 20.1. The quantitative estimate of drug-likeness (QED) is 0.838. The van der Waals surface area contributed by atoms with E-state index in [9.17, 15) is 10.1 Å². The Hall–Kier alpha value is -2.72. The highest BCUT2D eigenvalue weighted by Crippen LogP contribution is 2.45. The molecule has 23 heavy (non-hydrogen) atoms. The van der Waals surface area contributed by atoms with Gasteiger partial charge in [0.05, 0.1) is 24.4 Å². The Balaban J connectivity index is 2.21. The highest BCUT2D eigenvalue weighted by Gasteiger charge is 2.42. The van der Waals surface area contributed by atoms with Gasteiger partial charge in [-0.25, -0.2) is 9.79 Å². The summed E-state index contributed by atoms with van der Waals surface area (Å²) >= 11 is 1.21. The van der Waals surface area contributed by atoms with Crippen LogP contribution < -0.4 is 5.73 Å². The van der Waals surface area contributed by atoms with E-state index in [0.29, 0.717) is 27.2 Å². The van der Waals surface area contributed by atoms with Gasteiger partial charge in [-0.1, -0.05) is 30.3 Å². The predicted molar refractivity (Wildman–Crippen MR) is 87.6 cm³/mol. The van der Waals surface area contributed by atoms with Crippen molar-refractivity contribution in [1.82, 2.24) is 4.90 Å². The van der Waals surface area contributed by atoms with E-state index in [1.165, 1.54) is 18.9 Å². The fraction of sp³-hybridized carbons (Fsp3) is 0.188. The number of carbonyl (C=O) groups is 1. The second-order valence-electron chi connectivity index (χ2n) is 5.00. The number of methoxy groups -OCH3 is 1. The van der Waals surface area contributed by atoms with Crippen molar-refractivity contribution >= 4 is 22.9 Å². The molecule has 0 amide bonds. The summed E-state index contributed by atoms with van der Waals surface area (Å²) in [6, 6.07) is 11.1. The first-order chi connectivity index (χ1) is 11.1. The molecule has 2 N–H and O–H groups in total. The molecular weight excluding hydrogens is 312 g/mol. The van der Waals surface area contributed by atoms with E-state index >= 15 is 0 Å². The molecule has 0 spiro atoms. The zero-order valence-corrected chi connectivity index (χ0v) is 13.4. The number of aliphatic imine (C=N–C) groups is 1. The maximum atomic E-state index is 12.3. The third-order valence-electron chi connectivity index (χ3n) is 3.70. The van der Waals surface area contributed by atoms with E-state index in [1.807, 2.05) is 30.3 Å². The number of benzene rings is 1. The molecular formula is C16H14N4O2S. The lowest BCUT2D eigenvalue weighted by atomic mass is 9.94. The molecule has 3 rings (SSSR count). The van der Waals surface area contributed by atoms with Gasteiger partial charge in [0.1, 0.15) is 16.8 Å². The van der Waals surface area contributed by atoms with Gasteiger partial charge in [-0.05, 0) is 24.2 Å². The highest BCUT2D eigenvalue weighted by atomic mass is 32.2. The Morgan fingerprint density at radius 3 is 2.74 bits per heavy atom. The molecule has 6 nitrogen and oxygen atoms in total. The molecule has 2 aliphatic heterocycles. The number of fused-ring (bicyclic) bond motifs is 1. The highest BCUT2D eigenvalue weighted by molar-refractivity contribution is 8.17. The molecule has 7 heteroatoms. The van der Waals surface area contributed by atoms with Crippen molar-refractivity contribution in [2.75, 3.05) is 7.11 Å². The number of allylic oxidation sites excluding steroid dienone is 2. The van der Waals surface area contributed by atoms with Crippen LogP contribution in [0.1, 0.15) is 18.5 Å². The molecule has 2 aliphatic rings. The monoisotopic (exact) mass is 326 g/mol. The number of ether oxygens (including phenoxy) is 1. The van der Waals surface area contributed by atoms with Gasteiger partial charge in [0.15, 0.2) is 5.17 Å². The summed E-state index contributed by atoms with van der Waals surface area (Å²) in [5.41, 5.74) is 7.99. The molecule has 1 atom stereocenters. The van der Waals surface area contributed by atoms with Crippen molar-refractivity contribution in [3.63, 3.8) is 0 Å². The minimum atomic E-state index is -0.463. The van der Waals surface area contributed by atoms with Gasteiger partial charge in [0.2, 0.25) is 0 Å². The van der Waals surface area contributed by atoms with Crippen LogP contribution in [0.3, 0.4) is 0 Å². The maximum Gasteiger partial charge on any atom is 0.338 e. The van der Waals surface area contributed by atoms with Crippen LogP contribution in [-0.4, -0.2) is 23.1 Å². The minimum absolute atomic E-state index is 0.305. The molecule has 0 saturated carbocycles. The Morgan fingerprint density at radius 2 is 2.13 bits per heavy atom. The first kappa shape index (κ1) is 15.2. The van der Waals surface area contributed by atoms with E-state index < -0.39 is 12.0 Å². The average Bonchev–Trinajstić information content (AvgIpc) is 2.89.